The number of hydrogen-bond donors (Lipinski definition) is 1. The zero-order chi connectivity index (χ0) is 22.7. The van der Waals surface area contributed by atoms with E-state index in [1.165, 1.54) is 18.2 Å². The fourth-order valence-electron chi connectivity index (χ4n) is 2.78. The van der Waals surface area contributed by atoms with Gasteiger partial charge in [-0.1, -0.05) is 12.1 Å². The first kappa shape index (κ1) is 23.7. The van der Waals surface area contributed by atoms with Gasteiger partial charge in [-0.2, -0.15) is 0 Å². The Morgan fingerprint density at radius 2 is 1.73 bits per heavy atom. The maximum atomic E-state index is 12.9. The minimum absolute atomic E-state index is 0.0656. The van der Waals surface area contributed by atoms with E-state index in [0.29, 0.717) is 11.5 Å². The molecule has 2 aromatic rings. The first-order valence-corrected chi connectivity index (χ1v) is 11.7. The van der Waals surface area contributed by atoms with Gasteiger partial charge in [0.1, 0.15) is 17.1 Å². The molecule has 0 saturated carbocycles. The van der Waals surface area contributed by atoms with E-state index >= 15 is 0 Å². The number of aryl methyl sites for hydroxylation is 1. The van der Waals surface area contributed by atoms with Crippen LogP contribution in [0.1, 0.15) is 56.1 Å². The van der Waals surface area contributed by atoms with Crippen LogP contribution >= 0.6 is 0 Å². The number of hydrogen-bond acceptors (Lipinski definition) is 5. The quantitative estimate of drug-likeness (QED) is 0.704. The number of rotatable bonds is 7. The normalized spacial score (nSPS) is 12.0. The zero-order valence-corrected chi connectivity index (χ0v) is 19.5. The van der Waals surface area contributed by atoms with E-state index in [4.69, 9.17) is 9.47 Å². The first-order chi connectivity index (χ1) is 13.8. The molecule has 0 spiro atoms. The number of benzene rings is 2. The lowest BCUT2D eigenvalue weighted by Gasteiger charge is -2.24. The predicted octanol–water partition coefficient (Wildman–Crippen LogP) is 4.29. The summed E-state index contributed by atoms with van der Waals surface area (Å²) in [6.45, 7) is 11.8. The molecule has 0 unspecified atom stereocenters. The van der Waals surface area contributed by atoms with Crippen LogP contribution in [-0.2, 0) is 16.4 Å². The first-order valence-electron chi connectivity index (χ1n) is 9.84. The Balaban J connectivity index is 2.32. The summed E-state index contributed by atoms with van der Waals surface area (Å²) >= 11 is 0. The molecule has 6 nitrogen and oxygen atoms in total. The molecule has 2 rings (SSSR count). The number of carbonyl (C=O) groups excluding carboxylic acids is 1. The average Bonchev–Trinajstić information content (AvgIpc) is 2.58. The molecule has 0 aliphatic heterocycles. The highest BCUT2D eigenvalue weighted by Gasteiger charge is 2.19. The molecule has 1 amide bonds. The van der Waals surface area contributed by atoms with E-state index in [1.54, 1.807) is 0 Å². The Hall–Kier alpha value is -2.54. The van der Waals surface area contributed by atoms with Crippen LogP contribution in [0.4, 0.5) is 0 Å². The van der Waals surface area contributed by atoms with Crippen molar-refractivity contribution in [2.75, 3.05) is 6.26 Å². The zero-order valence-electron chi connectivity index (χ0n) is 18.7. The summed E-state index contributed by atoms with van der Waals surface area (Å²) in [6, 6.07) is 10.1. The summed E-state index contributed by atoms with van der Waals surface area (Å²) in [4.78, 5) is 13.0. The standard InChI is InChI=1S/C23H31NO5S/c1-15(2)28-20-11-10-18(30(7,26)27)13-19(20)22(25)24-14-17-9-8-16(3)12-21(17)29-23(4,5)6/h8-13,15H,14H2,1-7H3,(H,24,25). The second kappa shape index (κ2) is 9.08. The van der Waals surface area contributed by atoms with Gasteiger partial charge in [0.05, 0.1) is 16.6 Å². The van der Waals surface area contributed by atoms with Crippen LogP contribution in [-0.4, -0.2) is 32.3 Å². The summed E-state index contributed by atoms with van der Waals surface area (Å²) in [5.74, 6) is 0.620. The number of sulfone groups is 1. The highest BCUT2D eigenvalue weighted by Crippen LogP contribution is 2.26. The van der Waals surface area contributed by atoms with Gasteiger partial charge in [0.25, 0.3) is 5.91 Å². The number of amides is 1. The van der Waals surface area contributed by atoms with Crippen molar-refractivity contribution >= 4 is 15.7 Å². The molecule has 0 heterocycles. The van der Waals surface area contributed by atoms with Crippen LogP contribution in [0.25, 0.3) is 0 Å². The molecule has 0 aliphatic carbocycles. The van der Waals surface area contributed by atoms with Crippen molar-refractivity contribution in [3.8, 4) is 11.5 Å². The second-order valence-electron chi connectivity index (χ2n) is 8.61. The van der Waals surface area contributed by atoms with Gasteiger partial charge in [0, 0.05) is 18.4 Å². The predicted molar refractivity (Wildman–Crippen MR) is 118 cm³/mol. The summed E-state index contributed by atoms with van der Waals surface area (Å²) in [6.07, 6.45) is 0.944. The molecule has 164 valence electrons. The molecule has 1 N–H and O–H groups in total. The molecule has 0 saturated heterocycles. The summed E-state index contributed by atoms with van der Waals surface area (Å²) in [5, 5.41) is 2.86. The molecule has 30 heavy (non-hydrogen) atoms. The maximum absolute atomic E-state index is 12.9. The number of carbonyl (C=O) groups is 1. The lowest BCUT2D eigenvalue weighted by Crippen LogP contribution is -2.27. The van der Waals surface area contributed by atoms with Crippen molar-refractivity contribution < 1.29 is 22.7 Å². The van der Waals surface area contributed by atoms with Gasteiger partial charge >= 0.3 is 0 Å². The van der Waals surface area contributed by atoms with Crippen LogP contribution in [0.5, 0.6) is 11.5 Å². The Kier molecular flexibility index (Phi) is 7.18. The Bertz CT molecular complexity index is 1020. The van der Waals surface area contributed by atoms with Crippen molar-refractivity contribution in [3.05, 3.63) is 53.1 Å². The van der Waals surface area contributed by atoms with Crippen molar-refractivity contribution in [1.82, 2.24) is 5.32 Å². The molecular weight excluding hydrogens is 402 g/mol. The van der Waals surface area contributed by atoms with Crippen molar-refractivity contribution in [1.29, 1.82) is 0 Å². The van der Waals surface area contributed by atoms with E-state index in [0.717, 1.165) is 17.4 Å². The van der Waals surface area contributed by atoms with E-state index < -0.39 is 15.7 Å². The molecule has 7 heteroatoms. The van der Waals surface area contributed by atoms with Crippen molar-refractivity contribution in [2.45, 2.75) is 64.7 Å². The average molecular weight is 434 g/mol. The largest absolute Gasteiger partial charge is 0.490 e. The molecule has 2 aromatic carbocycles. The van der Waals surface area contributed by atoms with Crippen LogP contribution in [0.2, 0.25) is 0 Å². The lowest BCUT2D eigenvalue weighted by molar-refractivity contribution is 0.0943. The molecule has 0 aliphatic rings. The van der Waals surface area contributed by atoms with Gasteiger partial charge in [0.15, 0.2) is 9.84 Å². The molecule has 0 radical (unpaired) electrons. The van der Waals surface area contributed by atoms with Crippen LogP contribution in [0, 0.1) is 6.92 Å². The third kappa shape index (κ3) is 6.76. The van der Waals surface area contributed by atoms with Crippen LogP contribution < -0.4 is 14.8 Å². The number of ether oxygens (including phenoxy) is 2. The minimum Gasteiger partial charge on any atom is -0.490 e. The van der Waals surface area contributed by atoms with Crippen LogP contribution in [0.15, 0.2) is 41.3 Å². The topological polar surface area (TPSA) is 81.7 Å². The van der Waals surface area contributed by atoms with E-state index in [9.17, 15) is 13.2 Å². The molecule has 0 fully saturated rings. The summed E-state index contributed by atoms with van der Waals surface area (Å²) in [7, 11) is -3.46. The fourth-order valence-corrected chi connectivity index (χ4v) is 3.42. The highest BCUT2D eigenvalue weighted by molar-refractivity contribution is 7.90. The van der Waals surface area contributed by atoms with Gasteiger partial charge in [0.2, 0.25) is 0 Å². The van der Waals surface area contributed by atoms with Gasteiger partial charge < -0.3 is 14.8 Å². The maximum Gasteiger partial charge on any atom is 0.255 e. The Labute approximate surface area is 179 Å². The molecule has 0 aromatic heterocycles. The monoisotopic (exact) mass is 433 g/mol. The summed E-state index contributed by atoms with van der Waals surface area (Å²) < 4.78 is 35.6. The van der Waals surface area contributed by atoms with E-state index in [2.05, 4.69) is 5.32 Å². The summed E-state index contributed by atoms with van der Waals surface area (Å²) in [5.41, 5.74) is 1.68. The van der Waals surface area contributed by atoms with Crippen molar-refractivity contribution in [3.63, 3.8) is 0 Å². The molecule has 0 bridgehead atoms. The second-order valence-corrected chi connectivity index (χ2v) is 10.6. The van der Waals surface area contributed by atoms with E-state index in [-0.39, 0.29) is 28.7 Å². The van der Waals surface area contributed by atoms with Crippen molar-refractivity contribution in [2.24, 2.45) is 0 Å². The highest BCUT2D eigenvalue weighted by atomic mass is 32.2. The number of nitrogens with one attached hydrogen (secondary N) is 1. The van der Waals surface area contributed by atoms with Gasteiger partial charge in [-0.15, -0.1) is 0 Å². The minimum atomic E-state index is -3.46. The Morgan fingerprint density at radius 3 is 2.30 bits per heavy atom. The van der Waals surface area contributed by atoms with E-state index in [1.807, 2.05) is 59.7 Å². The van der Waals surface area contributed by atoms with Gasteiger partial charge in [-0.25, -0.2) is 8.42 Å². The smallest absolute Gasteiger partial charge is 0.255 e. The third-order valence-corrected chi connectivity index (χ3v) is 5.17. The van der Waals surface area contributed by atoms with Gasteiger partial charge in [-0.05, 0) is 71.4 Å². The third-order valence-electron chi connectivity index (χ3n) is 4.06. The van der Waals surface area contributed by atoms with Crippen LogP contribution in [0.3, 0.4) is 0 Å². The fraction of sp³-hybridized carbons (Fsp3) is 0.435. The Morgan fingerprint density at radius 1 is 1.07 bits per heavy atom. The lowest BCUT2D eigenvalue weighted by atomic mass is 10.1. The molecule has 0 atom stereocenters. The molecular formula is C23H31NO5S. The van der Waals surface area contributed by atoms with Gasteiger partial charge in [-0.3, -0.25) is 4.79 Å². The SMILES string of the molecule is Cc1ccc(CNC(=O)c2cc(S(C)(=O)=O)ccc2OC(C)C)c(OC(C)(C)C)c1.